The Bertz CT molecular complexity index is 2530. The smallest absolute Gasteiger partial charge is 0.184 e. The van der Waals surface area contributed by atoms with Gasteiger partial charge in [-0.2, -0.15) is 0 Å². The molecule has 0 saturated carbocycles. The Morgan fingerprint density at radius 1 is 0.333 bits per heavy atom. The molecule has 0 saturated heterocycles. The van der Waals surface area contributed by atoms with Gasteiger partial charge in [0.15, 0.2) is 23.3 Å². The van der Waals surface area contributed by atoms with E-state index in [2.05, 4.69) is 38.1 Å². The van der Waals surface area contributed by atoms with Crippen LogP contribution in [0.25, 0.3) is 85.4 Å². The van der Waals surface area contributed by atoms with E-state index in [0.29, 0.717) is 40.4 Å². The van der Waals surface area contributed by atoms with Gasteiger partial charge in [0.05, 0.1) is 16.6 Å². The maximum atomic E-state index is 5.18. The summed E-state index contributed by atoms with van der Waals surface area (Å²) >= 11 is 0. The zero-order valence-corrected chi connectivity index (χ0v) is 27.0. The number of aromatic nitrogens is 10. The molecule has 0 bridgehead atoms. The Balaban J connectivity index is 1.26. The SMILES string of the molecule is c1ccc(-c2nc(-c3nc(-c4nc(-c5ccccc5)n5ccccc45)nc(-c4nc(-c5ccccn5)n5ccccc45)n3)c3ccccn23)cc1. The van der Waals surface area contributed by atoms with Crippen molar-refractivity contribution < 1.29 is 0 Å². The van der Waals surface area contributed by atoms with Crippen LogP contribution in [0.4, 0.5) is 0 Å². The molecule has 51 heavy (non-hydrogen) atoms. The van der Waals surface area contributed by atoms with E-state index in [0.717, 1.165) is 45.0 Å². The van der Waals surface area contributed by atoms with Crippen molar-refractivity contribution in [1.82, 2.24) is 48.1 Å². The zero-order chi connectivity index (χ0) is 33.7. The number of fused-ring (bicyclic) bond motifs is 3. The van der Waals surface area contributed by atoms with Crippen LogP contribution >= 0.6 is 0 Å². The quantitative estimate of drug-likeness (QED) is 0.177. The van der Waals surface area contributed by atoms with Crippen molar-refractivity contribution >= 4 is 16.6 Å². The predicted molar refractivity (Wildman–Crippen MR) is 196 cm³/mol. The van der Waals surface area contributed by atoms with Crippen LogP contribution in [-0.4, -0.2) is 48.1 Å². The third-order valence-corrected chi connectivity index (χ3v) is 8.87. The molecule has 0 aliphatic rings. The van der Waals surface area contributed by atoms with Crippen LogP contribution in [0.1, 0.15) is 0 Å². The maximum absolute atomic E-state index is 5.18. The van der Waals surface area contributed by atoms with Gasteiger partial charge < -0.3 is 0 Å². The van der Waals surface area contributed by atoms with Crippen LogP contribution in [0.2, 0.25) is 0 Å². The Hall–Kier alpha value is -7.33. The topological polar surface area (TPSA) is 103 Å². The summed E-state index contributed by atoms with van der Waals surface area (Å²) in [6.07, 6.45) is 7.76. The van der Waals surface area contributed by atoms with E-state index in [1.165, 1.54) is 0 Å². The van der Waals surface area contributed by atoms with Crippen LogP contribution in [0, 0.1) is 0 Å². The number of hydrogen-bond donors (Lipinski definition) is 0. The standard InChI is InChI=1S/C41H26N10/c1-3-15-27(16-4-1)39-43-33(30-20-8-12-24-49(30)39)36-46-37(34-31-21-9-13-25-50(31)40(44-34)28-17-5-2-6-18-28)48-38(47-36)35-32-22-10-14-26-51(32)41(45-35)29-19-7-11-23-42-29/h1-26H. The number of rotatable bonds is 6. The van der Waals surface area contributed by atoms with Crippen molar-refractivity contribution in [1.29, 1.82) is 0 Å². The minimum atomic E-state index is 0.401. The highest BCUT2D eigenvalue weighted by Gasteiger charge is 2.25. The van der Waals surface area contributed by atoms with Crippen LogP contribution in [0.3, 0.4) is 0 Å². The summed E-state index contributed by atoms with van der Waals surface area (Å²) < 4.78 is 6.15. The molecule has 240 valence electrons. The van der Waals surface area contributed by atoms with Gasteiger partial charge in [-0.1, -0.05) is 84.9 Å². The van der Waals surface area contributed by atoms with E-state index in [4.69, 9.17) is 29.9 Å². The first-order valence-electron chi connectivity index (χ1n) is 16.5. The van der Waals surface area contributed by atoms with E-state index in [-0.39, 0.29) is 0 Å². The summed E-state index contributed by atoms with van der Waals surface area (Å²) in [6.45, 7) is 0. The lowest BCUT2D eigenvalue weighted by Crippen LogP contribution is -2.02. The summed E-state index contributed by atoms with van der Waals surface area (Å²) in [5, 5.41) is 0. The Morgan fingerprint density at radius 3 is 1.16 bits per heavy atom. The number of pyridine rings is 4. The molecule has 8 aromatic heterocycles. The van der Waals surface area contributed by atoms with Crippen LogP contribution < -0.4 is 0 Å². The molecule has 0 fully saturated rings. The molecule has 0 spiro atoms. The summed E-state index contributed by atoms with van der Waals surface area (Å²) in [5.74, 6) is 3.48. The van der Waals surface area contributed by atoms with Gasteiger partial charge >= 0.3 is 0 Å². The minimum absolute atomic E-state index is 0.401. The molecular weight excluding hydrogens is 633 g/mol. The van der Waals surface area contributed by atoms with Crippen molar-refractivity contribution in [3.8, 4) is 68.8 Å². The summed E-state index contributed by atoms with van der Waals surface area (Å²) in [7, 11) is 0. The van der Waals surface area contributed by atoms with Crippen molar-refractivity contribution in [3.05, 3.63) is 158 Å². The molecule has 0 amide bonds. The fourth-order valence-electron chi connectivity index (χ4n) is 6.56. The van der Waals surface area contributed by atoms with Gasteiger partial charge in [0.2, 0.25) is 0 Å². The van der Waals surface area contributed by atoms with Crippen LogP contribution in [0.5, 0.6) is 0 Å². The van der Waals surface area contributed by atoms with Gasteiger partial charge in [-0.05, 0) is 48.5 Å². The molecule has 10 aromatic rings. The lowest BCUT2D eigenvalue weighted by molar-refractivity contribution is 1.05. The zero-order valence-electron chi connectivity index (χ0n) is 27.0. The largest absolute Gasteiger partial charge is 0.299 e. The molecule has 10 heteroatoms. The first kappa shape index (κ1) is 28.7. The first-order valence-corrected chi connectivity index (χ1v) is 16.5. The van der Waals surface area contributed by atoms with Crippen molar-refractivity contribution in [2.45, 2.75) is 0 Å². The normalized spacial score (nSPS) is 11.5. The maximum Gasteiger partial charge on any atom is 0.184 e. The third-order valence-electron chi connectivity index (χ3n) is 8.87. The third kappa shape index (κ3) is 4.77. The second kappa shape index (κ2) is 11.7. The summed E-state index contributed by atoms with van der Waals surface area (Å²) in [5.41, 5.74) is 7.10. The van der Waals surface area contributed by atoms with Crippen LogP contribution in [0.15, 0.2) is 158 Å². The number of nitrogens with zero attached hydrogens (tertiary/aromatic N) is 10. The van der Waals surface area contributed by atoms with E-state index < -0.39 is 0 Å². The molecular formula is C41H26N10. The minimum Gasteiger partial charge on any atom is -0.299 e. The molecule has 10 rings (SSSR count). The van der Waals surface area contributed by atoms with E-state index in [1.807, 2.05) is 132 Å². The van der Waals surface area contributed by atoms with Gasteiger partial charge in [-0.3, -0.25) is 18.2 Å². The van der Waals surface area contributed by atoms with E-state index in [1.54, 1.807) is 6.20 Å². The molecule has 2 aromatic carbocycles. The van der Waals surface area contributed by atoms with Crippen molar-refractivity contribution in [2.75, 3.05) is 0 Å². The summed E-state index contributed by atoms with van der Waals surface area (Å²) in [6, 6.07) is 44.0. The molecule has 10 nitrogen and oxygen atoms in total. The number of imidazole rings is 3. The second-order valence-corrected chi connectivity index (χ2v) is 12.0. The Morgan fingerprint density at radius 2 is 0.725 bits per heavy atom. The molecule has 8 heterocycles. The van der Waals surface area contributed by atoms with Gasteiger partial charge in [0.1, 0.15) is 34.4 Å². The molecule has 0 radical (unpaired) electrons. The number of benzene rings is 2. The predicted octanol–water partition coefficient (Wildman–Crippen LogP) is 8.21. The van der Waals surface area contributed by atoms with Gasteiger partial charge in [0, 0.05) is 35.9 Å². The monoisotopic (exact) mass is 658 g/mol. The van der Waals surface area contributed by atoms with E-state index in [9.17, 15) is 0 Å². The fourth-order valence-corrected chi connectivity index (χ4v) is 6.56. The highest BCUT2D eigenvalue weighted by atomic mass is 15.1. The van der Waals surface area contributed by atoms with Gasteiger partial charge in [-0.25, -0.2) is 29.9 Å². The fraction of sp³-hybridized carbons (Fsp3) is 0. The van der Waals surface area contributed by atoms with Crippen molar-refractivity contribution in [2.24, 2.45) is 0 Å². The molecule has 0 aliphatic carbocycles. The summed E-state index contributed by atoms with van der Waals surface area (Å²) in [4.78, 5) is 35.5. The first-order chi connectivity index (χ1) is 25.3. The second-order valence-electron chi connectivity index (χ2n) is 12.0. The Labute approximate surface area is 291 Å². The van der Waals surface area contributed by atoms with Gasteiger partial charge in [-0.15, -0.1) is 0 Å². The molecule has 0 aliphatic heterocycles. The van der Waals surface area contributed by atoms with Crippen LogP contribution in [-0.2, 0) is 0 Å². The Kier molecular flexibility index (Phi) is 6.56. The van der Waals surface area contributed by atoms with Crippen molar-refractivity contribution in [3.63, 3.8) is 0 Å². The lowest BCUT2D eigenvalue weighted by Gasteiger charge is -2.05. The highest BCUT2D eigenvalue weighted by Crippen LogP contribution is 2.34. The average Bonchev–Trinajstić information content (AvgIpc) is 3.91. The molecule has 0 atom stereocenters. The highest BCUT2D eigenvalue weighted by molar-refractivity contribution is 5.84. The molecule has 0 N–H and O–H groups in total. The van der Waals surface area contributed by atoms with E-state index >= 15 is 0 Å². The lowest BCUT2D eigenvalue weighted by atomic mass is 10.2. The molecule has 0 unspecified atom stereocenters. The number of hydrogen-bond acceptors (Lipinski definition) is 7. The van der Waals surface area contributed by atoms with Gasteiger partial charge in [0.25, 0.3) is 0 Å². The average molecular weight is 659 g/mol.